The highest BCUT2D eigenvalue weighted by molar-refractivity contribution is 5.90. The molecule has 9 heteroatoms. The number of aliphatic carboxylic acids is 1. The normalized spacial score (nSPS) is 11.7. The number of ether oxygens (including phenoxy) is 1. The van der Waals surface area contributed by atoms with Gasteiger partial charge < -0.3 is 29.7 Å². The summed E-state index contributed by atoms with van der Waals surface area (Å²) in [6.07, 6.45) is -0.953. The summed E-state index contributed by atoms with van der Waals surface area (Å²) in [5.74, 6) is -2.28. The topological polar surface area (TPSA) is 138 Å². The van der Waals surface area contributed by atoms with Gasteiger partial charge in [0.05, 0.1) is 24.4 Å². The Kier molecular flexibility index (Phi) is 6.40. The molecule has 1 aromatic carbocycles. The van der Waals surface area contributed by atoms with Crippen LogP contribution in [-0.4, -0.2) is 37.0 Å². The first-order chi connectivity index (χ1) is 13.1. The van der Waals surface area contributed by atoms with Gasteiger partial charge in [0.2, 0.25) is 5.91 Å². The number of carboxylic acid groups (broad SMARTS) is 1. The van der Waals surface area contributed by atoms with Crippen molar-refractivity contribution >= 4 is 28.8 Å². The van der Waals surface area contributed by atoms with Gasteiger partial charge in [0.1, 0.15) is 11.3 Å². The van der Waals surface area contributed by atoms with Crippen LogP contribution >= 0.6 is 0 Å². The first-order valence-electron chi connectivity index (χ1n) is 8.55. The van der Waals surface area contributed by atoms with Crippen LogP contribution in [0.1, 0.15) is 23.6 Å². The van der Waals surface area contributed by atoms with Gasteiger partial charge in [-0.2, -0.15) is 0 Å². The van der Waals surface area contributed by atoms with E-state index in [1.165, 1.54) is 6.92 Å². The summed E-state index contributed by atoms with van der Waals surface area (Å²) in [6.45, 7) is 5.67. The van der Waals surface area contributed by atoms with E-state index in [2.05, 4.69) is 10.6 Å². The van der Waals surface area contributed by atoms with E-state index in [-0.39, 0.29) is 0 Å². The number of amides is 2. The number of benzene rings is 1. The van der Waals surface area contributed by atoms with Crippen LogP contribution in [0.25, 0.3) is 11.0 Å². The highest BCUT2D eigenvalue weighted by Crippen LogP contribution is 2.31. The van der Waals surface area contributed by atoms with E-state index in [9.17, 15) is 24.3 Å². The van der Waals surface area contributed by atoms with Gasteiger partial charge >= 0.3 is 5.63 Å². The van der Waals surface area contributed by atoms with Crippen LogP contribution < -0.4 is 26.1 Å². The van der Waals surface area contributed by atoms with E-state index in [0.717, 1.165) is 5.56 Å². The van der Waals surface area contributed by atoms with Crippen LogP contribution in [0.4, 0.5) is 0 Å². The van der Waals surface area contributed by atoms with Crippen LogP contribution in [0.3, 0.4) is 0 Å². The average Bonchev–Trinajstić information content (AvgIpc) is 2.61. The molecule has 0 unspecified atom stereocenters. The van der Waals surface area contributed by atoms with Gasteiger partial charge in [-0.05, 0) is 51.0 Å². The highest BCUT2D eigenvalue weighted by Gasteiger charge is 2.19. The largest absolute Gasteiger partial charge is 0.548 e. The smallest absolute Gasteiger partial charge is 0.339 e. The van der Waals surface area contributed by atoms with Crippen molar-refractivity contribution in [3.63, 3.8) is 0 Å². The summed E-state index contributed by atoms with van der Waals surface area (Å²) in [7, 11) is 0. The van der Waals surface area contributed by atoms with Crippen molar-refractivity contribution in [2.24, 2.45) is 0 Å². The molecule has 9 nitrogen and oxygen atoms in total. The Morgan fingerprint density at radius 1 is 1.11 bits per heavy atom. The molecule has 2 rings (SSSR count). The van der Waals surface area contributed by atoms with Gasteiger partial charge in [-0.1, -0.05) is 0 Å². The number of rotatable bonds is 7. The molecule has 2 N–H and O–H groups in total. The summed E-state index contributed by atoms with van der Waals surface area (Å²) in [5.41, 5.74) is 1.84. The van der Waals surface area contributed by atoms with Crippen LogP contribution in [0, 0.1) is 20.8 Å². The molecule has 0 radical (unpaired) electrons. The maximum Gasteiger partial charge on any atom is 0.339 e. The molecule has 0 saturated heterocycles. The fourth-order valence-electron chi connectivity index (χ4n) is 2.57. The molecular formula is C19H21N2O7-. The van der Waals surface area contributed by atoms with E-state index >= 15 is 0 Å². The number of hydrogen-bond donors (Lipinski definition) is 2. The standard InChI is InChI=1S/C19H22N2O7/c1-9-5-13(17-10(2)11(3)19(26)28-14(17)6-9)27-12(4)18(25)21-7-15(22)20-8-16(23)24/h5-6,12H,7-8H2,1-4H3,(H,20,22)(H,21,25)(H,23,24)/p-1/t12-/m0/s1. The minimum absolute atomic E-state index is 0.359. The van der Waals surface area contributed by atoms with Crippen molar-refractivity contribution in [2.45, 2.75) is 33.8 Å². The van der Waals surface area contributed by atoms with Gasteiger partial charge in [-0.3, -0.25) is 9.59 Å². The fourth-order valence-corrected chi connectivity index (χ4v) is 2.57. The lowest BCUT2D eigenvalue weighted by atomic mass is 10.0. The van der Waals surface area contributed by atoms with Crippen molar-refractivity contribution in [1.29, 1.82) is 0 Å². The Morgan fingerprint density at radius 2 is 1.79 bits per heavy atom. The maximum atomic E-state index is 12.2. The van der Waals surface area contributed by atoms with Crippen LogP contribution in [0.15, 0.2) is 21.3 Å². The zero-order chi connectivity index (χ0) is 21.0. The molecule has 2 aromatic rings. The molecule has 1 aromatic heterocycles. The second kappa shape index (κ2) is 8.55. The van der Waals surface area contributed by atoms with E-state index in [0.29, 0.717) is 27.8 Å². The monoisotopic (exact) mass is 389 g/mol. The molecule has 0 aliphatic rings. The van der Waals surface area contributed by atoms with Gasteiger partial charge in [0.25, 0.3) is 5.91 Å². The third-order valence-electron chi connectivity index (χ3n) is 4.18. The molecule has 0 bridgehead atoms. The van der Waals surface area contributed by atoms with E-state index in [1.54, 1.807) is 32.9 Å². The highest BCUT2D eigenvalue weighted by atomic mass is 16.5. The van der Waals surface area contributed by atoms with Gasteiger partial charge in [0, 0.05) is 5.56 Å². The van der Waals surface area contributed by atoms with Crippen molar-refractivity contribution in [1.82, 2.24) is 10.6 Å². The predicted octanol–water partition coefficient (Wildman–Crippen LogP) is -0.532. The SMILES string of the molecule is Cc1cc(O[C@@H](C)C(=O)NCC(=O)NCC(=O)[O-])c2c(C)c(C)c(=O)oc2c1. The lowest BCUT2D eigenvalue weighted by molar-refractivity contribution is -0.304. The Balaban J connectivity index is 2.16. The van der Waals surface area contributed by atoms with Crippen molar-refractivity contribution in [2.75, 3.05) is 13.1 Å². The molecule has 0 saturated carbocycles. The van der Waals surface area contributed by atoms with Crippen LogP contribution in [0.5, 0.6) is 5.75 Å². The summed E-state index contributed by atoms with van der Waals surface area (Å²) in [5, 5.41) is 15.3. The Hall–Kier alpha value is -3.36. The molecular weight excluding hydrogens is 368 g/mol. The average molecular weight is 389 g/mol. The Bertz CT molecular complexity index is 994. The minimum atomic E-state index is -1.43. The molecule has 0 aliphatic heterocycles. The molecule has 150 valence electrons. The van der Waals surface area contributed by atoms with Crippen molar-refractivity contribution < 1.29 is 28.6 Å². The first kappa shape index (κ1) is 20.9. The molecule has 1 atom stereocenters. The first-order valence-corrected chi connectivity index (χ1v) is 8.55. The quantitative estimate of drug-likeness (QED) is 0.607. The summed E-state index contributed by atoms with van der Waals surface area (Å²) in [4.78, 5) is 45.9. The molecule has 0 fully saturated rings. The molecule has 28 heavy (non-hydrogen) atoms. The second-order valence-corrected chi connectivity index (χ2v) is 6.40. The van der Waals surface area contributed by atoms with Gasteiger partial charge in [-0.25, -0.2) is 4.79 Å². The van der Waals surface area contributed by atoms with Crippen molar-refractivity contribution in [3.8, 4) is 5.75 Å². The van der Waals surface area contributed by atoms with E-state index < -0.39 is 42.6 Å². The van der Waals surface area contributed by atoms with Crippen LogP contribution in [0.2, 0.25) is 0 Å². The zero-order valence-corrected chi connectivity index (χ0v) is 16.0. The lowest BCUT2D eigenvalue weighted by Crippen LogP contribution is -2.45. The van der Waals surface area contributed by atoms with Gasteiger partial charge in [-0.15, -0.1) is 0 Å². The second-order valence-electron chi connectivity index (χ2n) is 6.40. The minimum Gasteiger partial charge on any atom is -0.548 e. The number of hydrogen-bond acceptors (Lipinski definition) is 7. The number of carbonyl (C=O) groups is 3. The maximum absolute atomic E-state index is 12.2. The number of carboxylic acids is 1. The fraction of sp³-hybridized carbons (Fsp3) is 0.368. The third-order valence-corrected chi connectivity index (χ3v) is 4.18. The number of aryl methyl sites for hydroxylation is 2. The van der Waals surface area contributed by atoms with E-state index in [4.69, 9.17) is 9.15 Å². The molecule has 2 amide bonds. The van der Waals surface area contributed by atoms with Crippen molar-refractivity contribution in [3.05, 3.63) is 39.2 Å². The van der Waals surface area contributed by atoms with E-state index in [1.807, 2.05) is 0 Å². The van der Waals surface area contributed by atoms with Crippen LogP contribution in [-0.2, 0) is 14.4 Å². The molecule has 0 spiro atoms. The summed E-state index contributed by atoms with van der Waals surface area (Å²) >= 11 is 0. The third kappa shape index (κ3) is 4.87. The zero-order valence-electron chi connectivity index (χ0n) is 16.0. The Morgan fingerprint density at radius 3 is 2.43 bits per heavy atom. The Labute approximate surface area is 160 Å². The summed E-state index contributed by atoms with van der Waals surface area (Å²) < 4.78 is 11.1. The molecule has 0 aliphatic carbocycles. The lowest BCUT2D eigenvalue weighted by Gasteiger charge is -2.18. The predicted molar refractivity (Wildman–Crippen MR) is 97.8 cm³/mol. The summed E-state index contributed by atoms with van der Waals surface area (Å²) in [6, 6.07) is 3.44. The number of fused-ring (bicyclic) bond motifs is 1. The molecule has 1 heterocycles. The van der Waals surface area contributed by atoms with Gasteiger partial charge in [0.15, 0.2) is 6.10 Å². The number of nitrogens with one attached hydrogen (secondary N) is 2. The number of carbonyl (C=O) groups excluding carboxylic acids is 3.